The van der Waals surface area contributed by atoms with E-state index in [0.717, 1.165) is 50.0 Å². The number of rotatable bonds is 7. The van der Waals surface area contributed by atoms with Crippen LogP contribution in [0.2, 0.25) is 0 Å². The van der Waals surface area contributed by atoms with E-state index in [1.807, 2.05) is 29.2 Å². The van der Waals surface area contributed by atoms with E-state index in [0.29, 0.717) is 18.7 Å². The number of hydrogen-bond donors (Lipinski definition) is 2. The van der Waals surface area contributed by atoms with Gasteiger partial charge in [0.25, 0.3) is 0 Å². The fraction of sp³-hybridized carbons (Fsp3) is 0.724. The maximum absolute atomic E-state index is 12.9. The van der Waals surface area contributed by atoms with Gasteiger partial charge in [0.15, 0.2) is 0 Å². The number of aliphatic hydroxyl groups is 1. The van der Waals surface area contributed by atoms with Gasteiger partial charge in [0.2, 0.25) is 0 Å². The van der Waals surface area contributed by atoms with Crippen molar-refractivity contribution in [3.05, 3.63) is 29.8 Å². The molecule has 0 bridgehead atoms. The molecule has 1 aromatic rings. The molecule has 9 nitrogen and oxygen atoms in total. The lowest BCUT2D eigenvalue weighted by Crippen LogP contribution is -2.56. The van der Waals surface area contributed by atoms with Gasteiger partial charge in [0.1, 0.15) is 23.5 Å². The molecule has 1 heterocycles. The second-order valence-electron chi connectivity index (χ2n) is 12.4. The summed E-state index contributed by atoms with van der Waals surface area (Å²) in [4.78, 5) is 29.7. The van der Waals surface area contributed by atoms with Crippen molar-refractivity contribution < 1.29 is 28.9 Å². The Bertz CT molecular complexity index is 916. The number of carbonyl (C=O) groups is 2. The number of nitrogens with one attached hydrogen (secondary N) is 1. The minimum absolute atomic E-state index is 0.259. The Labute approximate surface area is 227 Å². The summed E-state index contributed by atoms with van der Waals surface area (Å²) in [6.07, 6.45) is 3.74. The number of β-amino-alcohol motifs (C(OH)–C–C–N with tert-alkyl or cyclic N) is 1. The molecule has 0 unspecified atom stereocenters. The van der Waals surface area contributed by atoms with E-state index in [-0.39, 0.29) is 6.42 Å². The standard InChI is InChI=1S/C29H47N3O6/c1-28(2,3)37-26(34)24(30-27(35)38-29(4,5)6)18-20-8-10-22(11-9-20)32-17-16-31(19-25(32)33)21-12-14-23(36-7)15-13-21/h8-11,21,23-25,33H,12-19H2,1-7H3,(H,30,35)/t21?,23?,24-,25-/m0/s1. The van der Waals surface area contributed by atoms with Crippen molar-refractivity contribution in [2.24, 2.45) is 0 Å². The lowest BCUT2D eigenvalue weighted by atomic mass is 9.91. The number of ether oxygens (including phenoxy) is 3. The molecule has 1 aliphatic carbocycles. The van der Waals surface area contributed by atoms with E-state index < -0.39 is 35.5 Å². The Morgan fingerprint density at radius 3 is 2.11 bits per heavy atom. The summed E-state index contributed by atoms with van der Waals surface area (Å²) in [6.45, 7) is 13.0. The summed E-state index contributed by atoms with van der Waals surface area (Å²) in [7, 11) is 1.79. The summed E-state index contributed by atoms with van der Waals surface area (Å²) in [6, 6.07) is 7.37. The SMILES string of the molecule is COC1CCC(N2CCN(c3ccc(C[C@H](NC(=O)OC(C)(C)C)C(=O)OC(C)(C)C)cc3)[C@@H](O)C2)CC1. The van der Waals surface area contributed by atoms with Gasteiger partial charge in [-0.15, -0.1) is 0 Å². The van der Waals surface area contributed by atoms with Crippen LogP contribution in [0.3, 0.4) is 0 Å². The number of hydrogen-bond acceptors (Lipinski definition) is 8. The first kappa shape index (κ1) is 30.2. The summed E-state index contributed by atoms with van der Waals surface area (Å²) in [5.74, 6) is -0.515. The number of aliphatic hydroxyl groups excluding tert-OH is 1. The van der Waals surface area contributed by atoms with Crippen molar-refractivity contribution >= 4 is 17.7 Å². The molecular formula is C29H47N3O6. The molecule has 1 aromatic carbocycles. The first-order chi connectivity index (χ1) is 17.7. The Hall–Kier alpha value is -2.36. The largest absolute Gasteiger partial charge is 0.458 e. The van der Waals surface area contributed by atoms with Crippen molar-refractivity contribution in [1.82, 2.24) is 10.2 Å². The number of piperazine rings is 1. The van der Waals surface area contributed by atoms with Crippen molar-refractivity contribution in [1.29, 1.82) is 0 Å². The van der Waals surface area contributed by atoms with Crippen molar-refractivity contribution in [2.45, 2.75) is 109 Å². The number of anilines is 1. The van der Waals surface area contributed by atoms with Crippen LogP contribution in [0.1, 0.15) is 72.8 Å². The number of alkyl carbamates (subject to hydrolysis) is 1. The second-order valence-corrected chi connectivity index (χ2v) is 12.4. The van der Waals surface area contributed by atoms with Crippen LogP contribution in [-0.2, 0) is 25.4 Å². The molecule has 1 amide bonds. The predicted molar refractivity (Wildman–Crippen MR) is 147 cm³/mol. The van der Waals surface area contributed by atoms with Crippen LogP contribution in [0, 0.1) is 0 Å². The minimum atomic E-state index is -0.891. The highest BCUT2D eigenvalue weighted by Crippen LogP contribution is 2.28. The minimum Gasteiger partial charge on any atom is -0.458 e. The molecule has 0 radical (unpaired) electrons. The Morgan fingerprint density at radius 1 is 0.974 bits per heavy atom. The van der Waals surface area contributed by atoms with Gasteiger partial charge in [-0.2, -0.15) is 0 Å². The molecule has 1 saturated carbocycles. The molecule has 1 saturated heterocycles. The van der Waals surface area contributed by atoms with Crippen LogP contribution in [0.15, 0.2) is 24.3 Å². The molecule has 2 fully saturated rings. The van der Waals surface area contributed by atoms with Crippen LogP contribution in [0.5, 0.6) is 0 Å². The van der Waals surface area contributed by atoms with E-state index in [4.69, 9.17) is 14.2 Å². The third-order valence-electron chi connectivity index (χ3n) is 6.97. The normalized spacial score (nSPS) is 24.0. The molecule has 3 rings (SSSR count). The smallest absolute Gasteiger partial charge is 0.408 e. The molecule has 38 heavy (non-hydrogen) atoms. The Balaban J connectivity index is 1.61. The monoisotopic (exact) mass is 533 g/mol. The number of esters is 1. The summed E-state index contributed by atoms with van der Waals surface area (Å²) in [5, 5.41) is 13.6. The van der Waals surface area contributed by atoms with Crippen molar-refractivity contribution in [3.8, 4) is 0 Å². The lowest BCUT2D eigenvalue weighted by Gasteiger charge is -2.45. The van der Waals surface area contributed by atoms with Crippen LogP contribution in [0.25, 0.3) is 0 Å². The zero-order valence-corrected chi connectivity index (χ0v) is 24.2. The predicted octanol–water partition coefficient (Wildman–Crippen LogP) is 3.86. The molecule has 2 atom stereocenters. The summed E-state index contributed by atoms with van der Waals surface area (Å²) in [5.41, 5.74) is 0.427. The Kier molecular flexibility index (Phi) is 10.1. The van der Waals surface area contributed by atoms with Gasteiger partial charge in [0.05, 0.1) is 6.10 Å². The zero-order chi connectivity index (χ0) is 28.1. The molecule has 2 N–H and O–H groups in total. The van der Waals surface area contributed by atoms with E-state index in [1.54, 1.807) is 48.7 Å². The van der Waals surface area contributed by atoms with E-state index >= 15 is 0 Å². The molecule has 9 heteroatoms. The number of carbonyl (C=O) groups excluding carboxylic acids is 2. The average Bonchev–Trinajstić information content (AvgIpc) is 2.82. The van der Waals surface area contributed by atoms with Gasteiger partial charge in [-0.05, 0) is 84.9 Å². The van der Waals surface area contributed by atoms with Gasteiger partial charge in [-0.3, -0.25) is 4.90 Å². The quantitative estimate of drug-likeness (QED) is 0.510. The molecule has 0 aromatic heterocycles. The fourth-order valence-corrected chi connectivity index (χ4v) is 5.14. The number of amides is 1. The van der Waals surface area contributed by atoms with Crippen LogP contribution >= 0.6 is 0 Å². The van der Waals surface area contributed by atoms with Crippen LogP contribution < -0.4 is 10.2 Å². The molecule has 214 valence electrons. The fourth-order valence-electron chi connectivity index (χ4n) is 5.14. The highest BCUT2D eigenvalue weighted by atomic mass is 16.6. The maximum Gasteiger partial charge on any atom is 0.408 e. The Morgan fingerprint density at radius 2 is 1.58 bits per heavy atom. The zero-order valence-electron chi connectivity index (χ0n) is 24.2. The van der Waals surface area contributed by atoms with Crippen LogP contribution in [-0.4, -0.2) is 84.4 Å². The molecule has 1 aliphatic heterocycles. The van der Waals surface area contributed by atoms with Gasteiger partial charge in [-0.1, -0.05) is 12.1 Å². The number of nitrogens with zero attached hydrogens (tertiary/aromatic N) is 2. The topological polar surface area (TPSA) is 101 Å². The molecule has 0 spiro atoms. The summed E-state index contributed by atoms with van der Waals surface area (Å²) >= 11 is 0. The first-order valence-corrected chi connectivity index (χ1v) is 13.8. The van der Waals surface area contributed by atoms with Gasteiger partial charge in [0, 0.05) is 44.9 Å². The summed E-state index contributed by atoms with van der Waals surface area (Å²) < 4.78 is 16.4. The second kappa shape index (κ2) is 12.7. The maximum atomic E-state index is 12.9. The third kappa shape index (κ3) is 9.13. The van der Waals surface area contributed by atoms with Gasteiger partial charge < -0.3 is 29.5 Å². The third-order valence-corrected chi connectivity index (χ3v) is 6.97. The average molecular weight is 534 g/mol. The van der Waals surface area contributed by atoms with Crippen LogP contribution in [0.4, 0.5) is 10.5 Å². The highest BCUT2D eigenvalue weighted by molar-refractivity contribution is 5.82. The highest BCUT2D eigenvalue weighted by Gasteiger charge is 2.33. The van der Waals surface area contributed by atoms with Crippen molar-refractivity contribution in [3.63, 3.8) is 0 Å². The van der Waals surface area contributed by atoms with E-state index in [9.17, 15) is 14.7 Å². The van der Waals surface area contributed by atoms with E-state index in [2.05, 4.69) is 10.2 Å². The lowest BCUT2D eigenvalue weighted by molar-refractivity contribution is -0.157. The van der Waals surface area contributed by atoms with Crippen molar-refractivity contribution in [2.75, 3.05) is 31.6 Å². The number of methoxy groups -OCH3 is 1. The molecule has 2 aliphatic rings. The first-order valence-electron chi connectivity index (χ1n) is 13.8. The number of benzene rings is 1. The van der Waals surface area contributed by atoms with Gasteiger partial charge >= 0.3 is 12.1 Å². The van der Waals surface area contributed by atoms with Gasteiger partial charge in [-0.25, -0.2) is 9.59 Å². The molecular weight excluding hydrogens is 486 g/mol. The van der Waals surface area contributed by atoms with E-state index in [1.165, 1.54) is 0 Å².